The first-order valence-electron chi connectivity index (χ1n) is 10.8. The first kappa shape index (κ1) is 26.4. The van der Waals surface area contributed by atoms with Crippen molar-refractivity contribution in [2.75, 3.05) is 40.3 Å². The van der Waals surface area contributed by atoms with Crippen LogP contribution >= 0.6 is 24.0 Å². The molecule has 178 valence electrons. The van der Waals surface area contributed by atoms with E-state index in [1.807, 2.05) is 38.2 Å². The molecule has 9 heteroatoms. The van der Waals surface area contributed by atoms with Crippen molar-refractivity contribution in [3.05, 3.63) is 65.2 Å². The highest BCUT2D eigenvalue weighted by molar-refractivity contribution is 14.0. The van der Waals surface area contributed by atoms with Crippen LogP contribution in [0.5, 0.6) is 5.75 Å². The van der Waals surface area contributed by atoms with E-state index in [-0.39, 0.29) is 42.3 Å². The molecule has 0 aliphatic carbocycles. The topological polar surface area (TPSA) is 86.3 Å². The van der Waals surface area contributed by atoms with Crippen LogP contribution in [0.15, 0.2) is 53.5 Å². The maximum absolute atomic E-state index is 12.6. The smallest absolute Gasteiger partial charge is 0.254 e. The minimum Gasteiger partial charge on any atom is -0.494 e. The highest BCUT2D eigenvalue weighted by atomic mass is 127. The third kappa shape index (κ3) is 7.62. The zero-order chi connectivity index (χ0) is 22.9. The molecule has 0 radical (unpaired) electrons. The number of carbonyl (C=O) groups excluding carboxylic acids is 2. The molecule has 2 aromatic carbocycles. The summed E-state index contributed by atoms with van der Waals surface area (Å²) in [4.78, 5) is 32.1. The predicted octanol–water partition coefficient (Wildman–Crippen LogP) is 2.48. The molecular weight excluding hydrogens is 533 g/mol. The lowest BCUT2D eigenvalue weighted by Crippen LogP contribution is -2.49. The second kappa shape index (κ2) is 13.0. The van der Waals surface area contributed by atoms with Crippen molar-refractivity contribution in [3.63, 3.8) is 0 Å². The van der Waals surface area contributed by atoms with E-state index in [0.717, 1.165) is 22.8 Å². The highest BCUT2D eigenvalue weighted by Crippen LogP contribution is 2.14. The number of ether oxygens (including phenoxy) is 1. The van der Waals surface area contributed by atoms with Crippen molar-refractivity contribution < 1.29 is 14.3 Å². The average Bonchev–Trinajstić information content (AvgIpc) is 2.81. The molecule has 8 nitrogen and oxygen atoms in total. The minimum atomic E-state index is -0.120. The SMILES string of the molecule is CCOc1ccc(CN(C)C(=NC)NCc2ccc(C(=O)N3CCNC(=O)C3)cc2)cc1.I. The lowest BCUT2D eigenvalue weighted by atomic mass is 10.1. The Morgan fingerprint density at radius 2 is 1.82 bits per heavy atom. The average molecular weight is 565 g/mol. The maximum atomic E-state index is 12.6. The molecule has 0 saturated carbocycles. The monoisotopic (exact) mass is 565 g/mol. The van der Waals surface area contributed by atoms with Gasteiger partial charge in [0, 0.05) is 45.8 Å². The Labute approximate surface area is 212 Å². The van der Waals surface area contributed by atoms with Crippen LogP contribution in [0.25, 0.3) is 0 Å². The Bertz CT molecular complexity index is 948. The fourth-order valence-electron chi connectivity index (χ4n) is 3.53. The second-order valence-corrected chi connectivity index (χ2v) is 7.61. The quantitative estimate of drug-likeness (QED) is 0.306. The first-order chi connectivity index (χ1) is 15.5. The summed E-state index contributed by atoms with van der Waals surface area (Å²) in [6.07, 6.45) is 0. The lowest BCUT2D eigenvalue weighted by Gasteiger charge is -2.26. The number of nitrogens with one attached hydrogen (secondary N) is 2. The van der Waals surface area contributed by atoms with Gasteiger partial charge in [-0.15, -0.1) is 24.0 Å². The van der Waals surface area contributed by atoms with E-state index in [2.05, 4.69) is 32.7 Å². The van der Waals surface area contributed by atoms with Crippen LogP contribution < -0.4 is 15.4 Å². The number of carbonyl (C=O) groups is 2. The molecule has 0 bridgehead atoms. The molecular formula is C24H32IN5O3. The molecule has 0 aromatic heterocycles. The molecule has 2 amide bonds. The van der Waals surface area contributed by atoms with Crippen LogP contribution in [0.4, 0.5) is 0 Å². The lowest BCUT2D eigenvalue weighted by molar-refractivity contribution is -0.123. The van der Waals surface area contributed by atoms with Crippen LogP contribution in [0, 0.1) is 0 Å². The second-order valence-electron chi connectivity index (χ2n) is 7.61. The summed E-state index contributed by atoms with van der Waals surface area (Å²) in [7, 11) is 3.75. The van der Waals surface area contributed by atoms with Crippen molar-refractivity contribution >= 4 is 41.8 Å². The summed E-state index contributed by atoms with van der Waals surface area (Å²) in [6.45, 7) is 5.06. The Hall–Kier alpha value is -2.82. The Morgan fingerprint density at radius 1 is 1.15 bits per heavy atom. The molecule has 0 unspecified atom stereocenters. The first-order valence-corrected chi connectivity index (χ1v) is 10.8. The summed E-state index contributed by atoms with van der Waals surface area (Å²) in [5, 5.41) is 6.09. The van der Waals surface area contributed by atoms with Crippen molar-refractivity contribution in [3.8, 4) is 5.75 Å². The van der Waals surface area contributed by atoms with E-state index in [9.17, 15) is 9.59 Å². The zero-order valence-corrected chi connectivity index (χ0v) is 21.7. The van der Waals surface area contributed by atoms with Crippen LogP contribution in [-0.2, 0) is 17.9 Å². The molecule has 0 spiro atoms. The van der Waals surface area contributed by atoms with Gasteiger partial charge in [0.05, 0.1) is 13.2 Å². The van der Waals surface area contributed by atoms with Crippen molar-refractivity contribution in [2.24, 2.45) is 4.99 Å². The minimum absolute atomic E-state index is 0. The Kier molecular flexibility index (Phi) is 10.4. The van der Waals surface area contributed by atoms with E-state index in [0.29, 0.717) is 38.3 Å². The van der Waals surface area contributed by atoms with Crippen molar-refractivity contribution in [2.45, 2.75) is 20.0 Å². The fourth-order valence-corrected chi connectivity index (χ4v) is 3.53. The number of rotatable bonds is 7. The molecule has 1 aliphatic heterocycles. The van der Waals surface area contributed by atoms with Gasteiger partial charge in [-0.3, -0.25) is 14.6 Å². The summed E-state index contributed by atoms with van der Waals surface area (Å²) in [5.41, 5.74) is 2.78. The van der Waals surface area contributed by atoms with Gasteiger partial charge in [-0.05, 0) is 42.3 Å². The summed E-state index contributed by atoms with van der Waals surface area (Å²) in [6, 6.07) is 15.5. The van der Waals surface area contributed by atoms with Crippen molar-refractivity contribution in [1.82, 2.24) is 20.4 Å². The van der Waals surface area contributed by atoms with E-state index in [1.54, 1.807) is 24.1 Å². The third-order valence-corrected chi connectivity index (χ3v) is 5.20. The molecule has 33 heavy (non-hydrogen) atoms. The number of piperazine rings is 1. The van der Waals surface area contributed by atoms with Gasteiger partial charge in [0.1, 0.15) is 5.75 Å². The maximum Gasteiger partial charge on any atom is 0.254 e. The molecule has 1 aliphatic rings. The number of nitrogens with zero attached hydrogens (tertiary/aromatic N) is 3. The van der Waals surface area contributed by atoms with Gasteiger partial charge >= 0.3 is 0 Å². The van der Waals surface area contributed by atoms with Crippen LogP contribution in [0.1, 0.15) is 28.4 Å². The number of guanidine groups is 1. The zero-order valence-electron chi connectivity index (χ0n) is 19.3. The third-order valence-electron chi connectivity index (χ3n) is 5.20. The summed E-state index contributed by atoms with van der Waals surface area (Å²) in [5.74, 6) is 1.40. The van der Waals surface area contributed by atoms with E-state index in [4.69, 9.17) is 4.74 Å². The largest absolute Gasteiger partial charge is 0.494 e. The predicted molar refractivity (Wildman–Crippen MR) is 140 cm³/mol. The number of hydrogen-bond donors (Lipinski definition) is 2. The van der Waals surface area contributed by atoms with Crippen LogP contribution in [0.3, 0.4) is 0 Å². The van der Waals surface area contributed by atoms with Gasteiger partial charge in [-0.25, -0.2) is 0 Å². The number of amides is 2. The van der Waals surface area contributed by atoms with Gasteiger partial charge in [0.2, 0.25) is 5.91 Å². The molecule has 1 heterocycles. The standard InChI is InChI=1S/C24H31N5O3.HI/c1-4-32-21-11-7-19(8-12-21)16-28(3)24(25-2)27-15-18-5-9-20(10-6-18)23(31)29-14-13-26-22(30)17-29;/h5-12H,4,13-17H2,1-3H3,(H,25,27)(H,26,30);1H. The number of hydrogen-bond acceptors (Lipinski definition) is 4. The number of benzene rings is 2. The molecule has 2 aromatic rings. The van der Waals surface area contributed by atoms with E-state index in [1.165, 1.54) is 0 Å². The van der Waals surface area contributed by atoms with Gasteiger partial charge < -0.3 is 25.2 Å². The van der Waals surface area contributed by atoms with E-state index < -0.39 is 0 Å². The molecule has 3 rings (SSSR count). The van der Waals surface area contributed by atoms with Crippen molar-refractivity contribution in [1.29, 1.82) is 0 Å². The van der Waals surface area contributed by atoms with Gasteiger partial charge in [0.15, 0.2) is 5.96 Å². The molecule has 2 N–H and O–H groups in total. The van der Waals surface area contributed by atoms with Gasteiger partial charge in [0.25, 0.3) is 5.91 Å². The summed E-state index contributed by atoms with van der Waals surface area (Å²) >= 11 is 0. The Morgan fingerprint density at radius 3 is 2.42 bits per heavy atom. The summed E-state index contributed by atoms with van der Waals surface area (Å²) < 4.78 is 5.49. The normalized spacial score (nSPS) is 13.6. The number of halogens is 1. The molecule has 1 fully saturated rings. The van der Waals surface area contributed by atoms with Crippen LogP contribution in [-0.4, -0.2) is 67.9 Å². The van der Waals surface area contributed by atoms with Gasteiger partial charge in [-0.1, -0.05) is 24.3 Å². The highest BCUT2D eigenvalue weighted by Gasteiger charge is 2.22. The number of aliphatic imine (C=N–C) groups is 1. The molecule has 0 atom stereocenters. The van der Waals surface area contributed by atoms with E-state index >= 15 is 0 Å². The Balaban J connectivity index is 0.00000385. The fraction of sp³-hybridized carbons (Fsp3) is 0.375. The molecule has 1 saturated heterocycles. The van der Waals surface area contributed by atoms with Gasteiger partial charge in [-0.2, -0.15) is 0 Å². The van der Waals surface area contributed by atoms with Crippen LogP contribution in [0.2, 0.25) is 0 Å².